The van der Waals surface area contributed by atoms with Crippen molar-refractivity contribution in [3.05, 3.63) is 29.8 Å². The Morgan fingerprint density at radius 3 is 2.38 bits per heavy atom. The number of carbonyl (C=O) groups excluding carboxylic acids is 1. The number of rotatable bonds is 6. The standard InChI is InChI=1S/C14H21FN4O5S2/c1-25(21,22)18-13-5-3-2-4-11(13)10-16-14(20)17-12-6-8-19(9-7-12)26(15,23)24/h2-5,12,18H,6-10H2,1H3,(H2,16,17,20). The number of hydrogen-bond donors (Lipinski definition) is 3. The Hall–Kier alpha value is -1.92. The van der Waals surface area contributed by atoms with Gasteiger partial charge in [0.2, 0.25) is 10.0 Å². The molecule has 0 atom stereocenters. The molecule has 0 radical (unpaired) electrons. The number of amides is 2. The zero-order valence-corrected chi connectivity index (χ0v) is 15.7. The van der Waals surface area contributed by atoms with Crippen LogP contribution in [0, 0.1) is 0 Å². The van der Waals surface area contributed by atoms with Crippen molar-refractivity contribution in [3.8, 4) is 0 Å². The van der Waals surface area contributed by atoms with Crippen molar-refractivity contribution in [3.63, 3.8) is 0 Å². The number of anilines is 1. The molecule has 1 aliphatic heterocycles. The monoisotopic (exact) mass is 408 g/mol. The molecule has 2 amide bonds. The molecule has 1 aromatic carbocycles. The highest BCUT2D eigenvalue weighted by molar-refractivity contribution is 7.92. The van der Waals surface area contributed by atoms with Crippen molar-refractivity contribution < 1.29 is 25.5 Å². The van der Waals surface area contributed by atoms with E-state index >= 15 is 0 Å². The van der Waals surface area contributed by atoms with E-state index in [0.29, 0.717) is 24.1 Å². The van der Waals surface area contributed by atoms with Gasteiger partial charge in [-0.05, 0) is 24.5 Å². The Labute approximate surface area is 152 Å². The normalized spacial score (nSPS) is 16.8. The molecule has 0 aromatic heterocycles. The molecule has 0 unspecified atom stereocenters. The fourth-order valence-corrected chi connectivity index (χ4v) is 3.85. The van der Waals surface area contributed by atoms with Crippen molar-refractivity contribution in [1.82, 2.24) is 14.9 Å². The summed E-state index contributed by atoms with van der Waals surface area (Å²) in [5.74, 6) is 0. The lowest BCUT2D eigenvalue weighted by atomic mass is 10.1. The lowest BCUT2D eigenvalue weighted by Gasteiger charge is -2.29. The van der Waals surface area contributed by atoms with E-state index in [1.165, 1.54) is 0 Å². The molecule has 1 aliphatic rings. The number of sulfonamides is 1. The third-order valence-electron chi connectivity index (χ3n) is 3.85. The van der Waals surface area contributed by atoms with E-state index in [0.717, 1.165) is 10.6 Å². The van der Waals surface area contributed by atoms with Crippen LogP contribution in [0.3, 0.4) is 0 Å². The number of nitrogens with one attached hydrogen (secondary N) is 3. The lowest BCUT2D eigenvalue weighted by Crippen LogP contribution is -2.48. The van der Waals surface area contributed by atoms with Gasteiger partial charge in [-0.25, -0.2) is 13.2 Å². The maximum atomic E-state index is 12.9. The Morgan fingerprint density at radius 1 is 1.19 bits per heavy atom. The Kier molecular flexibility index (Phi) is 6.42. The summed E-state index contributed by atoms with van der Waals surface area (Å²) in [5, 5.41) is 5.32. The van der Waals surface area contributed by atoms with Gasteiger partial charge in [-0.15, -0.1) is 0 Å². The van der Waals surface area contributed by atoms with Gasteiger partial charge in [0.15, 0.2) is 0 Å². The smallest absolute Gasteiger partial charge is 0.335 e. The second-order valence-corrected chi connectivity index (χ2v) is 9.06. The van der Waals surface area contributed by atoms with Crippen LogP contribution in [0.1, 0.15) is 18.4 Å². The highest BCUT2D eigenvalue weighted by Crippen LogP contribution is 2.17. The van der Waals surface area contributed by atoms with Crippen LogP contribution in [0.5, 0.6) is 0 Å². The van der Waals surface area contributed by atoms with E-state index in [1.807, 2.05) is 0 Å². The van der Waals surface area contributed by atoms with Crippen molar-refractivity contribution in [2.24, 2.45) is 0 Å². The number of benzene rings is 1. The largest absolute Gasteiger partial charge is 0.374 e. The molecule has 146 valence electrons. The summed E-state index contributed by atoms with van der Waals surface area (Å²) in [6, 6.07) is 5.92. The van der Waals surface area contributed by atoms with Crippen LogP contribution < -0.4 is 15.4 Å². The first-order valence-corrected chi connectivity index (χ1v) is 11.1. The van der Waals surface area contributed by atoms with Gasteiger partial charge in [0, 0.05) is 25.7 Å². The van der Waals surface area contributed by atoms with Crippen LogP contribution in [-0.2, 0) is 27.0 Å². The second-order valence-electron chi connectivity index (χ2n) is 5.97. The average molecular weight is 408 g/mol. The molecule has 0 bridgehead atoms. The van der Waals surface area contributed by atoms with E-state index in [2.05, 4.69) is 15.4 Å². The third-order valence-corrected chi connectivity index (χ3v) is 5.42. The first-order valence-electron chi connectivity index (χ1n) is 7.84. The Bertz CT molecular complexity index is 852. The van der Waals surface area contributed by atoms with Crippen LogP contribution in [0.15, 0.2) is 24.3 Å². The summed E-state index contributed by atoms with van der Waals surface area (Å²) < 4.78 is 60.4. The molecule has 0 aliphatic carbocycles. The molecular weight excluding hydrogens is 387 g/mol. The zero-order chi connectivity index (χ0) is 19.4. The number of piperidine rings is 1. The molecule has 1 aromatic rings. The van der Waals surface area contributed by atoms with Crippen molar-refractivity contribution in [2.45, 2.75) is 25.4 Å². The molecule has 3 N–H and O–H groups in total. The van der Waals surface area contributed by atoms with Gasteiger partial charge in [-0.1, -0.05) is 22.1 Å². The van der Waals surface area contributed by atoms with E-state index in [4.69, 9.17) is 0 Å². The number of urea groups is 1. The van der Waals surface area contributed by atoms with E-state index in [1.54, 1.807) is 24.3 Å². The predicted molar refractivity (Wildman–Crippen MR) is 94.9 cm³/mol. The molecular formula is C14H21FN4O5S2. The molecule has 1 saturated heterocycles. The number of para-hydroxylation sites is 1. The van der Waals surface area contributed by atoms with Crippen LogP contribution in [0.4, 0.5) is 14.4 Å². The molecule has 1 heterocycles. The number of carbonyl (C=O) groups is 1. The topological polar surface area (TPSA) is 125 Å². The first-order chi connectivity index (χ1) is 12.0. The van der Waals surface area contributed by atoms with Crippen LogP contribution in [-0.4, -0.2) is 52.6 Å². The van der Waals surface area contributed by atoms with Gasteiger partial charge in [0.05, 0.1) is 11.9 Å². The summed E-state index contributed by atoms with van der Waals surface area (Å²) in [6.07, 6.45) is 1.65. The van der Waals surface area contributed by atoms with Gasteiger partial charge in [-0.2, -0.15) is 12.7 Å². The average Bonchev–Trinajstić information content (AvgIpc) is 2.52. The Balaban J connectivity index is 1.85. The van der Waals surface area contributed by atoms with Crippen molar-refractivity contribution in [2.75, 3.05) is 24.1 Å². The van der Waals surface area contributed by atoms with Gasteiger partial charge in [-0.3, -0.25) is 4.72 Å². The van der Waals surface area contributed by atoms with E-state index in [-0.39, 0.29) is 25.7 Å². The summed E-state index contributed by atoms with van der Waals surface area (Å²) >= 11 is 0. The molecule has 26 heavy (non-hydrogen) atoms. The molecule has 1 fully saturated rings. The van der Waals surface area contributed by atoms with E-state index in [9.17, 15) is 25.5 Å². The predicted octanol–water partition coefficient (Wildman–Crippen LogP) is 0.536. The van der Waals surface area contributed by atoms with Gasteiger partial charge in [0.25, 0.3) is 0 Å². The Morgan fingerprint density at radius 2 is 1.81 bits per heavy atom. The minimum Gasteiger partial charge on any atom is -0.335 e. The SMILES string of the molecule is CS(=O)(=O)Nc1ccccc1CNC(=O)NC1CCN(S(=O)(=O)F)CC1. The first kappa shape index (κ1) is 20.4. The summed E-state index contributed by atoms with van der Waals surface area (Å²) in [5.41, 5.74) is 0.961. The molecule has 12 heteroatoms. The summed E-state index contributed by atoms with van der Waals surface area (Å²) in [6.45, 7) is 0.109. The van der Waals surface area contributed by atoms with Gasteiger partial charge < -0.3 is 10.6 Å². The lowest BCUT2D eigenvalue weighted by molar-refractivity contribution is 0.226. The minimum atomic E-state index is -4.69. The number of nitrogens with zero attached hydrogens (tertiary/aromatic N) is 1. The van der Waals surface area contributed by atoms with Gasteiger partial charge >= 0.3 is 16.4 Å². The molecule has 2 rings (SSSR count). The number of halogens is 1. The summed E-state index contributed by atoms with van der Waals surface area (Å²) in [4.78, 5) is 12.0. The van der Waals surface area contributed by atoms with Crippen LogP contribution in [0.2, 0.25) is 0 Å². The maximum absolute atomic E-state index is 12.9. The minimum absolute atomic E-state index is 0.00485. The van der Waals surface area contributed by atoms with Crippen molar-refractivity contribution in [1.29, 1.82) is 0 Å². The quantitative estimate of drug-likeness (QED) is 0.593. The fourth-order valence-electron chi connectivity index (χ4n) is 2.60. The zero-order valence-electron chi connectivity index (χ0n) is 14.1. The number of hydrogen-bond acceptors (Lipinski definition) is 5. The maximum Gasteiger partial charge on any atom is 0.374 e. The van der Waals surface area contributed by atoms with Gasteiger partial charge in [0.1, 0.15) is 0 Å². The highest BCUT2D eigenvalue weighted by Gasteiger charge is 2.28. The highest BCUT2D eigenvalue weighted by atomic mass is 32.3. The molecule has 0 saturated carbocycles. The summed E-state index contributed by atoms with van der Waals surface area (Å²) in [7, 11) is -8.14. The van der Waals surface area contributed by atoms with Crippen LogP contribution >= 0.6 is 0 Å². The fraction of sp³-hybridized carbons (Fsp3) is 0.500. The third kappa shape index (κ3) is 6.42. The molecule has 0 spiro atoms. The van der Waals surface area contributed by atoms with Crippen LogP contribution in [0.25, 0.3) is 0 Å². The molecule has 9 nitrogen and oxygen atoms in total. The van der Waals surface area contributed by atoms with Crippen molar-refractivity contribution >= 4 is 32.2 Å². The van der Waals surface area contributed by atoms with E-state index < -0.39 is 26.5 Å². The second kappa shape index (κ2) is 8.18.